The third-order valence-corrected chi connectivity index (χ3v) is 5.84. The Bertz CT molecular complexity index is 1100. The Hall–Kier alpha value is -4.07. The third-order valence-electron chi connectivity index (χ3n) is 5.84. The summed E-state index contributed by atoms with van der Waals surface area (Å²) in [7, 11) is 1.61. The zero-order valence-electron chi connectivity index (χ0n) is 19.9. The van der Waals surface area contributed by atoms with E-state index in [0.717, 1.165) is 35.7 Å². The smallest absolute Gasteiger partial charge is 0.410 e. The molecule has 8 nitrogen and oxygen atoms in total. The predicted molar refractivity (Wildman–Crippen MR) is 135 cm³/mol. The van der Waals surface area contributed by atoms with Gasteiger partial charge in [-0.3, -0.25) is 4.79 Å². The van der Waals surface area contributed by atoms with Crippen molar-refractivity contribution in [2.24, 2.45) is 0 Å². The predicted octanol–water partition coefficient (Wildman–Crippen LogP) is 4.12. The van der Waals surface area contributed by atoms with Gasteiger partial charge in [0.05, 0.1) is 25.4 Å². The largest absolute Gasteiger partial charge is 0.497 e. The number of ether oxygens (including phenoxy) is 2. The van der Waals surface area contributed by atoms with Crippen LogP contribution in [0.4, 0.5) is 16.3 Å². The minimum Gasteiger partial charge on any atom is -0.497 e. The Kier molecular flexibility index (Phi) is 8.17. The highest BCUT2D eigenvalue weighted by Gasteiger charge is 2.21. The summed E-state index contributed by atoms with van der Waals surface area (Å²) in [5.74, 6) is 1.47. The van der Waals surface area contributed by atoms with E-state index in [1.165, 1.54) is 0 Å². The Balaban J connectivity index is 1.25. The molecule has 0 atom stereocenters. The molecule has 1 aromatic heterocycles. The van der Waals surface area contributed by atoms with Crippen molar-refractivity contribution in [1.29, 1.82) is 0 Å². The third kappa shape index (κ3) is 6.96. The molecule has 3 aromatic rings. The highest BCUT2D eigenvalue weighted by molar-refractivity contribution is 5.92. The lowest BCUT2D eigenvalue weighted by Gasteiger charge is -2.22. The summed E-state index contributed by atoms with van der Waals surface area (Å²) in [6, 6.07) is 20.8. The number of hydrogen-bond donors (Lipinski definition) is 1. The highest BCUT2D eigenvalue weighted by Crippen LogP contribution is 2.18. The highest BCUT2D eigenvalue weighted by atomic mass is 16.6. The van der Waals surface area contributed by atoms with Crippen LogP contribution in [0.3, 0.4) is 0 Å². The van der Waals surface area contributed by atoms with Gasteiger partial charge in [-0.25, -0.2) is 9.78 Å². The summed E-state index contributed by atoms with van der Waals surface area (Å²) < 4.78 is 10.6. The van der Waals surface area contributed by atoms with Gasteiger partial charge in [0.15, 0.2) is 0 Å². The van der Waals surface area contributed by atoms with Crippen LogP contribution in [0.25, 0.3) is 0 Å². The van der Waals surface area contributed by atoms with Gasteiger partial charge in [-0.2, -0.15) is 0 Å². The van der Waals surface area contributed by atoms with Crippen LogP contribution in [-0.2, 0) is 22.6 Å². The molecule has 1 fully saturated rings. The van der Waals surface area contributed by atoms with Crippen molar-refractivity contribution in [2.75, 3.05) is 43.5 Å². The molecule has 0 spiro atoms. The van der Waals surface area contributed by atoms with Gasteiger partial charge in [0, 0.05) is 26.2 Å². The van der Waals surface area contributed by atoms with Crippen LogP contribution < -0.4 is 15.0 Å². The van der Waals surface area contributed by atoms with Gasteiger partial charge in [0.25, 0.3) is 0 Å². The molecule has 0 bridgehead atoms. The quantitative estimate of drug-likeness (QED) is 0.555. The molecule has 1 aliphatic heterocycles. The van der Waals surface area contributed by atoms with Crippen molar-refractivity contribution in [2.45, 2.75) is 19.4 Å². The molecular weight excluding hydrogens is 444 g/mol. The first-order valence-corrected chi connectivity index (χ1v) is 11.7. The van der Waals surface area contributed by atoms with Crippen LogP contribution in [0, 0.1) is 0 Å². The molecule has 2 amide bonds. The summed E-state index contributed by atoms with van der Waals surface area (Å²) in [4.78, 5) is 33.3. The van der Waals surface area contributed by atoms with Gasteiger partial charge in [0.1, 0.15) is 18.2 Å². The van der Waals surface area contributed by atoms with E-state index in [-0.39, 0.29) is 25.0 Å². The first-order valence-electron chi connectivity index (χ1n) is 11.7. The molecule has 1 N–H and O–H groups in total. The lowest BCUT2D eigenvalue weighted by molar-refractivity contribution is -0.115. The van der Waals surface area contributed by atoms with Gasteiger partial charge in [0.2, 0.25) is 5.91 Å². The molecular formula is C27H30N4O4. The fourth-order valence-corrected chi connectivity index (χ4v) is 3.92. The molecule has 1 aliphatic rings. The SMILES string of the molecule is COc1ccc(CC(=O)Nc2ccc(N3CCCN(C(=O)OCc4ccccc4)CC3)nc2)cc1. The monoisotopic (exact) mass is 474 g/mol. The fourth-order valence-electron chi connectivity index (χ4n) is 3.92. The van der Waals surface area contributed by atoms with Crippen LogP contribution in [0.2, 0.25) is 0 Å². The molecule has 1 saturated heterocycles. The number of carbonyl (C=O) groups excluding carboxylic acids is 2. The maximum Gasteiger partial charge on any atom is 0.410 e. The van der Waals surface area contributed by atoms with Gasteiger partial charge < -0.3 is 24.6 Å². The van der Waals surface area contributed by atoms with Crippen LogP contribution in [0.5, 0.6) is 5.75 Å². The first-order chi connectivity index (χ1) is 17.1. The van der Waals surface area contributed by atoms with E-state index in [1.807, 2.05) is 66.7 Å². The number of aromatic nitrogens is 1. The number of hydrogen-bond acceptors (Lipinski definition) is 6. The normalized spacial score (nSPS) is 13.6. The van der Waals surface area contributed by atoms with Crippen molar-refractivity contribution in [3.05, 3.63) is 84.1 Å². The van der Waals surface area contributed by atoms with Crippen LogP contribution >= 0.6 is 0 Å². The number of anilines is 2. The molecule has 0 unspecified atom stereocenters. The second-order valence-electron chi connectivity index (χ2n) is 8.35. The van der Waals surface area contributed by atoms with E-state index in [9.17, 15) is 9.59 Å². The fraction of sp³-hybridized carbons (Fsp3) is 0.296. The Morgan fingerprint density at radius 1 is 0.914 bits per heavy atom. The summed E-state index contributed by atoms with van der Waals surface area (Å²) >= 11 is 0. The Morgan fingerprint density at radius 3 is 2.43 bits per heavy atom. The zero-order valence-corrected chi connectivity index (χ0v) is 19.9. The van der Waals surface area contributed by atoms with Gasteiger partial charge in [-0.1, -0.05) is 42.5 Å². The van der Waals surface area contributed by atoms with E-state index in [1.54, 1.807) is 18.2 Å². The average molecular weight is 475 g/mol. The second-order valence-corrected chi connectivity index (χ2v) is 8.35. The van der Waals surface area contributed by atoms with E-state index in [2.05, 4.69) is 15.2 Å². The van der Waals surface area contributed by atoms with Crippen LogP contribution in [0.15, 0.2) is 72.9 Å². The van der Waals surface area contributed by atoms with E-state index in [4.69, 9.17) is 9.47 Å². The summed E-state index contributed by atoms with van der Waals surface area (Å²) in [6.07, 6.45) is 2.47. The maximum atomic E-state index is 12.5. The van der Waals surface area contributed by atoms with Crippen LogP contribution in [-0.4, -0.2) is 55.2 Å². The van der Waals surface area contributed by atoms with Crippen molar-refractivity contribution in [3.63, 3.8) is 0 Å². The molecule has 0 saturated carbocycles. The molecule has 182 valence electrons. The summed E-state index contributed by atoms with van der Waals surface area (Å²) in [5.41, 5.74) is 2.52. The molecule has 0 aliphatic carbocycles. The number of nitrogens with zero attached hydrogens (tertiary/aromatic N) is 3. The number of carbonyl (C=O) groups is 2. The maximum absolute atomic E-state index is 12.5. The molecule has 0 radical (unpaired) electrons. The molecule has 35 heavy (non-hydrogen) atoms. The first kappa shape index (κ1) is 24.1. The van der Waals surface area contributed by atoms with Crippen molar-refractivity contribution in [1.82, 2.24) is 9.88 Å². The second kappa shape index (κ2) is 11.9. The van der Waals surface area contributed by atoms with E-state index < -0.39 is 0 Å². The molecule has 2 heterocycles. The minimum atomic E-state index is -0.293. The Labute approximate surface area is 205 Å². The number of benzene rings is 2. The zero-order chi connectivity index (χ0) is 24.5. The molecule has 8 heteroatoms. The topological polar surface area (TPSA) is 84.0 Å². The summed E-state index contributed by atoms with van der Waals surface area (Å²) in [6.45, 7) is 2.93. The number of rotatable bonds is 7. The average Bonchev–Trinajstić information content (AvgIpc) is 3.15. The van der Waals surface area contributed by atoms with Crippen molar-refractivity contribution >= 4 is 23.5 Å². The van der Waals surface area contributed by atoms with Crippen LogP contribution in [0.1, 0.15) is 17.5 Å². The van der Waals surface area contributed by atoms with Gasteiger partial charge >= 0.3 is 6.09 Å². The number of nitrogens with one attached hydrogen (secondary N) is 1. The van der Waals surface area contributed by atoms with Crippen molar-refractivity contribution in [3.8, 4) is 5.75 Å². The van der Waals surface area contributed by atoms with E-state index >= 15 is 0 Å². The molecule has 2 aromatic carbocycles. The van der Waals surface area contributed by atoms with Gasteiger partial charge in [-0.05, 0) is 41.8 Å². The van der Waals surface area contributed by atoms with E-state index in [0.29, 0.717) is 25.3 Å². The molecule has 4 rings (SSSR count). The van der Waals surface area contributed by atoms with Crippen molar-refractivity contribution < 1.29 is 19.1 Å². The number of pyridine rings is 1. The summed E-state index contributed by atoms with van der Waals surface area (Å²) in [5, 5.41) is 2.89. The number of amides is 2. The van der Waals surface area contributed by atoms with Gasteiger partial charge in [-0.15, -0.1) is 0 Å². The minimum absolute atomic E-state index is 0.107. The lowest BCUT2D eigenvalue weighted by Crippen LogP contribution is -2.35. The Morgan fingerprint density at radius 2 is 1.71 bits per heavy atom. The standard InChI is InChI=1S/C27H30N4O4/c1-34-24-11-8-21(9-12-24)18-26(32)29-23-10-13-25(28-19-23)30-14-5-15-31(17-16-30)27(33)35-20-22-6-3-2-4-7-22/h2-4,6-13,19H,5,14-18,20H2,1H3,(H,29,32). The number of methoxy groups -OCH3 is 1. The lowest BCUT2D eigenvalue weighted by atomic mass is 10.1.